The van der Waals surface area contributed by atoms with Crippen LogP contribution in [0.2, 0.25) is 0 Å². The zero-order valence-corrected chi connectivity index (χ0v) is 13.2. The van der Waals surface area contributed by atoms with Gasteiger partial charge < -0.3 is 11.1 Å². The number of hydrogen-bond donors (Lipinski definition) is 2. The van der Waals surface area contributed by atoms with Crippen LogP contribution in [0, 0.1) is 6.92 Å². The minimum absolute atomic E-state index is 0.102. The smallest absolute Gasteiger partial charge is 0.187 e. The van der Waals surface area contributed by atoms with E-state index in [0.29, 0.717) is 24.4 Å². The molecule has 20 heavy (non-hydrogen) atoms. The highest BCUT2D eigenvalue weighted by molar-refractivity contribution is 7.92. The summed E-state index contributed by atoms with van der Waals surface area (Å²) in [6.45, 7) is 2.46. The minimum atomic E-state index is -3.33. The lowest BCUT2D eigenvalue weighted by atomic mass is 10.5. The van der Waals surface area contributed by atoms with Crippen LogP contribution in [0.3, 0.4) is 0 Å². The van der Waals surface area contributed by atoms with Gasteiger partial charge in [-0.05, 0) is 31.3 Å². The maximum atomic E-state index is 12.3. The van der Waals surface area contributed by atoms with Crippen molar-refractivity contribution in [1.82, 2.24) is 9.36 Å². The molecular formula is C11H14N4O2S3. The van der Waals surface area contributed by atoms with E-state index in [0.717, 1.165) is 21.4 Å². The van der Waals surface area contributed by atoms with Crippen LogP contribution in [0.1, 0.15) is 22.7 Å². The normalized spacial score (nSPS) is 15.4. The molecule has 0 radical (unpaired) electrons. The summed E-state index contributed by atoms with van der Waals surface area (Å²) in [7, 11) is -3.33. The molecular weight excluding hydrogens is 316 g/mol. The highest BCUT2D eigenvalue weighted by atomic mass is 32.2. The fourth-order valence-electron chi connectivity index (χ4n) is 1.88. The number of aromatic nitrogens is 2. The predicted octanol–water partition coefficient (Wildman–Crippen LogP) is 2.04. The highest BCUT2D eigenvalue weighted by Crippen LogP contribution is 2.41. The molecule has 2 aromatic rings. The van der Waals surface area contributed by atoms with Gasteiger partial charge in [-0.2, -0.15) is 4.37 Å². The third kappa shape index (κ3) is 2.52. The molecule has 1 aliphatic carbocycles. The molecule has 0 aliphatic heterocycles. The zero-order valence-electron chi connectivity index (χ0n) is 10.8. The van der Waals surface area contributed by atoms with Crippen LogP contribution in [-0.2, 0) is 16.4 Å². The molecule has 108 valence electrons. The number of nitrogens with two attached hydrogens (primary N) is 1. The zero-order chi connectivity index (χ0) is 14.3. The summed E-state index contributed by atoms with van der Waals surface area (Å²) in [4.78, 5) is 5.38. The number of anilines is 2. The number of aryl methyl sites for hydroxylation is 1. The average Bonchev–Trinajstić information content (AvgIpc) is 3.08. The van der Waals surface area contributed by atoms with E-state index in [9.17, 15) is 8.42 Å². The summed E-state index contributed by atoms with van der Waals surface area (Å²) in [5.41, 5.74) is 5.74. The largest absolute Gasteiger partial charge is 0.382 e. The van der Waals surface area contributed by atoms with Gasteiger partial charge in [-0.1, -0.05) is 0 Å². The van der Waals surface area contributed by atoms with E-state index in [1.165, 1.54) is 0 Å². The van der Waals surface area contributed by atoms with Gasteiger partial charge >= 0.3 is 0 Å². The number of thiazole rings is 1. The first-order valence-corrected chi connectivity index (χ1v) is 9.26. The molecule has 0 spiro atoms. The van der Waals surface area contributed by atoms with Crippen molar-refractivity contribution in [2.45, 2.75) is 36.5 Å². The summed E-state index contributed by atoms with van der Waals surface area (Å²) >= 11 is 2.67. The lowest BCUT2D eigenvalue weighted by Crippen LogP contribution is -2.11. The van der Waals surface area contributed by atoms with E-state index in [4.69, 9.17) is 5.73 Å². The van der Waals surface area contributed by atoms with Crippen molar-refractivity contribution in [3.63, 3.8) is 0 Å². The van der Waals surface area contributed by atoms with Gasteiger partial charge in [-0.15, -0.1) is 11.3 Å². The Labute approximate surface area is 125 Å². The average molecular weight is 330 g/mol. The molecule has 3 N–H and O–H groups in total. The Kier molecular flexibility index (Phi) is 3.43. The van der Waals surface area contributed by atoms with Crippen LogP contribution >= 0.6 is 22.9 Å². The van der Waals surface area contributed by atoms with Crippen molar-refractivity contribution in [1.29, 1.82) is 0 Å². The number of nitrogen functional groups attached to an aromatic ring is 1. The van der Waals surface area contributed by atoms with E-state index in [2.05, 4.69) is 14.7 Å². The van der Waals surface area contributed by atoms with Gasteiger partial charge in [-0.25, -0.2) is 13.4 Å². The van der Waals surface area contributed by atoms with Gasteiger partial charge in [0.2, 0.25) is 0 Å². The first kappa shape index (κ1) is 13.8. The molecule has 3 rings (SSSR count). The molecule has 0 unspecified atom stereocenters. The van der Waals surface area contributed by atoms with Crippen LogP contribution < -0.4 is 11.1 Å². The van der Waals surface area contributed by atoms with Crippen LogP contribution in [0.15, 0.2) is 11.1 Å². The molecule has 0 amide bonds. The number of nitrogens with one attached hydrogen (secondary N) is 1. The molecule has 1 aliphatic rings. The predicted molar refractivity (Wildman–Crippen MR) is 80.9 cm³/mol. The standard InChI is InChI=1S/C11H14N4O2S3/c1-6-13-4-7(18-6)5-14-11-9(10(12)15-19-11)20(16,17)8-2-3-8/h4,8,14H,2-3,5H2,1H3,(H2,12,15). The van der Waals surface area contributed by atoms with E-state index in [1.807, 2.05) is 6.92 Å². The molecule has 6 nitrogen and oxygen atoms in total. The van der Waals surface area contributed by atoms with Gasteiger partial charge in [0, 0.05) is 11.1 Å². The third-order valence-electron chi connectivity index (χ3n) is 3.01. The first-order valence-electron chi connectivity index (χ1n) is 6.12. The molecule has 9 heteroatoms. The van der Waals surface area contributed by atoms with Crippen molar-refractivity contribution in [3.05, 3.63) is 16.1 Å². The fourth-order valence-corrected chi connectivity index (χ4v) is 5.50. The molecule has 1 saturated carbocycles. The van der Waals surface area contributed by atoms with E-state index < -0.39 is 9.84 Å². The fraction of sp³-hybridized carbons (Fsp3) is 0.455. The number of hydrogen-bond acceptors (Lipinski definition) is 8. The van der Waals surface area contributed by atoms with Crippen molar-refractivity contribution in [2.75, 3.05) is 11.1 Å². The summed E-state index contributed by atoms with van der Waals surface area (Å²) in [6, 6.07) is 0. The van der Waals surface area contributed by atoms with E-state index >= 15 is 0 Å². The number of sulfone groups is 1. The summed E-state index contributed by atoms with van der Waals surface area (Å²) in [6.07, 6.45) is 3.21. The van der Waals surface area contributed by atoms with Gasteiger partial charge in [0.25, 0.3) is 0 Å². The Balaban J connectivity index is 1.84. The summed E-state index contributed by atoms with van der Waals surface area (Å²) < 4.78 is 28.7. The van der Waals surface area contributed by atoms with Crippen LogP contribution in [-0.4, -0.2) is 23.0 Å². The Bertz CT molecular complexity index is 731. The maximum absolute atomic E-state index is 12.3. The first-order chi connectivity index (χ1) is 9.48. The van der Waals surface area contributed by atoms with Crippen molar-refractivity contribution >= 4 is 43.5 Å². The van der Waals surface area contributed by atoms with Gasteiger partial charge in [0.15, 0.2) is 15.7 Å². The lowest BCUT2D eigenvalue weighted by Gasteiger charge is -2.06. The lowest BCUT2D eigenvalue weighted by molar-refractivity contribution is 0.595. The molecule has 0 aromatic carbocycles. The Morgan fingerprint density at radius 1 is 1.50 bits per heavy atom. The Hall–Kier alpha value is -1.19. The van der Waals surface area contributed by atoms with Crippen molar-refractivity contribution in [2.24, 2.45) is 0 Å². The number of rotatable bonds is 5. The van der Waals surface area contributed by atoms with Gasteiger partial charge in [-0.3, -0.25) is 0 Å². The second-order valence-corrected chi connectivity index (χ2v) is 8.93. The minimum Gasteiger partial charge on any atom is -0.382 e. The molecule has 0 atom stereocenters. The van der Waals surface area contributed by atoms with E-state index in [1.54, 1.807) is 17.5 Å². The topological polar surface area (TPSA) is 98.0 Å². The molecule has 2 aromatic heterocycles. The van der Waals surface area contributed by atoms with Crippen LogP contribution in [0.25, 0.3) is 0 Å². The van der Waals surface area contributed by atoms with E-state index in [-0.39, 0.29) is 16.0 Å². The molecule has 0 bridgehead atoms. The second-order valence-electron chi connectivity index (χ2n) is 4.67. The van der Waals surface area contributed by atoms with Crippen molar-refractivity contribution < 1.29 is 8.42 Å². The summed E-state index contributed by atoms with van der Waals surface area (Å²) in [5.74, 6) is 0.102. The maximum Gasteiger partial charge on any atom is 0.187 e. The van der Waals surface area contributed by atoms with Crippen LogP contribution in [0.4, 0.5) is 10.8 Å². The Morgan fingerprint density at radius 3 is 2.85 bits per heavy atom. The summed E-state index contributed by atoms with van der Waals surface area (Å²) in [5, 5.41) is 4.35. The van der Waals surface area contributed by atoms with Crippen molar-refractivity contribution in [3.8, 4) is 0 Å². The molecule has 0 saturated heterocycles. The number of nitrogens with zero attached hydrogens (tertiary/aromatic N) is 2. The monoisotopic (exact) mass is 330 g/mol. The quantitative estimate of drug-likeness (QED) is 0.870. The van der Waals surface area contributed by atoms with Gasteiger partial charge in [0.05, 0.1) is 16.8 Å². The van der Waals surface area contributed by atoms with Gasteiger partial charge in [0.1, 0.15) is 9.90 Å². The molecule has 2 heterocycles. The highest BCUT2D eigenvalue weighted by Gasteiger charge is 2.40. The van der Waals surface area contributed by atoms with Crippen LogP contribution in [0.5, 0.6) is 0 Å². The second kappa shape index (κ2) is 4.97. The SMILES string of the molecule is Cc1ncc(CNc2snc(N)c2S(=O)(=O)C2CC2)s1. The Morgan fingerprint density at radius 2 is 2.25 bits per heavy atom. The molecule has 1 fully saturated rings. The third-order valence-corrected chi connectivity index (χ3v) is 7.21.